The molecule has 0 fully saturated rings. The Morgan fingerprint density at radius 3 is 1.57 bits per heavy atom. The maximum Gasteiger partial charge on any atom is 0.417 e. The third-order valence-electron chi connectivity index (χ3n) is 0.461. The van der Waals surface area contributed by atoms with Crippen molar-refractivity contribution in [1.29, 1.82) is 0 Å². The summed E-state index contributed by atoms with van der Waals surface area (Å²) in [5.74, 6) is 0. The quantitative estimate of drug-likeness (QED) is 0.452. The molecule has 0 N–H and O–H groups in total. The standard InChI is InChI=1S/C3H4F3O/c1-2(7)3(4,5)6/h2H,1H3/t2-/m1/s1. The summed E-state index contributed by atoms with van der Waals surface area (Å²) in [5, 5.41) is 9.42. The molecule has 0 heterocycles. The minimum atomic E-state index is -4.56. The van der Waals surface area contributed by atoms with E-state index in [1.165, 1.54) is 0 Å². The molecule has 0 bridgehead atoms. The molecule has 0 aliphatic rings. The molecule has 0 saturated heterocycles. The van der Waals surface area contributed by atoms with E-state index in [1.807, 2.05) is 0 Å². The molecule has 7 heavy (non-hydrogen) atoms. The van der Waals surface area contributed by atoms with E-state index in [-0.39, 0.29) is 0 Å². The van der Waals surface area contributed by atoms with Gasteiger partial charge in [0.25, 0.3) is 0 Å². The van der Waals surface area contributed by atoms with E-state index < -0.39 is 12.3 Å². The second-order valence-corrected chi connectivity index (χ2v) is 1.18. The molecule has 4 heteroatoms. The van der Waals surface area contributed by atoms with Gasteiger partial charge in [0.1, 0.15) is 0 Å². The Bertz CT molecular complexity index is 55.7. The van der Waals surface area contributed by atoms with Crippen molar-refractivity contribution in [1.82, 2.24) is 0 Å². The first-order chi connectivity index (χ1) is 2.94. The third-order valence-corrected chi connectivity index (χ3v) is 0.461. The van der Waals surface area contributed by atoms with Crippen LogP contribution in [-0.4, -0.2) is 12.3 Å². The lowest BCUT2D eigenvalue weighted by Gasteiger charge is -2.04. The summed E-state index contributed by atoms with van der Waals surface area (Å²) in [4.78, 5) is 0. The molecule has 1 nitrogen and oxygen atoms in total. The average molecular weight is 113 g/mol. The van der Waals surface area contributed by atoms with Crippen LogP contribution in [0, 0.1) is 0 Å². The monoisotopic (exact) mass is 113 g/mol. The normalized spacial score (nSPS) is 16.7. The highest BCUT2D eigenvalue weighted by Gasteiger charge is 2.35. The van der Waals surface area contributed by atoms with Gasteiger partial charge in [-0.25, -0.2) is 5.11 Å². The highest BCUT2D eigenvalue weighted by molar-refractivity contribution is 4.55. The Morgan fingerprint density at radius 1 is 1.43 bits per heavy atom. The van der Waals surface area contributed by atoms with Gasteiger partial charge in [-0.15, -0.1) is 0 Å². The summed E-state index contributed by atoms with van der Waals surface area (Å²) in [6.45, 7) is 0.569. The van der Waals surface area contributed by atoms with Crippen molar-refractivity contribution in [2.75, 3.05) is 0 Å². The minimum absolute atomic E-state index is 0.569. The number of halogens is 3. The molecule has 0 aromatic heterocycles. The Morgan fingerprint density at radius 2 is 1.57 bits per heavy atom. The van der Waals surface area contributed by atoms with E-state index in [9.17, 15) is 18.3 Å². The van der Waals surface area contributed by atoms with E-state index in [0.29, 0.717) is 6.92 Å². The number of alkyl halides is 3. The van der Waals surface area contributed by atoms with Crippen molar-refractivity contribution in [2.24, 2.45) is 0 Å². The molecule has 43 valence electrons. The van der Waals surface area contributed by atoms with Gasteiger partial charge >= 0.3 is 6.18 Å². The van der Waals surface area contributed by atoms with Gasteiger partial charge in [-0.1, -0.05) is 0 Å². The molecule has 0 aromatic carbocycles. The molecule has 0 aliphatic heterocycles. The van der Waals surface area contributed by atoms with Crippen LogP contribution in [0.4, 0.5) is 13.2 Å². The molecule has 0 spiro atoms. The van der Waals surface area contributed by atoms with E-state index >= 15 is 0 Å². The zero-order chi connectivity index (χ0) is 6.08. The zero-order valence-corrected chi connectivity index (χ0v) is 3.62. The smallest absolute Gasteiger partial charge is 0.223 e. The molecule has 1 atom stereocenters. The number of hydrogen-bond acceptors (Lipinski definition) is 0. The van der Waals surface area contributed by atoms with Gasteiger partial charge < -0.3 is 0 Å². The first kappa shape index (κ1) is 6.75. The molecule has 0 unspecified atom stereocenters. The fourth-order valence-electron chi connectivity index (χ4n) is 0. The Hall–Kier alpha value is -0.250. The summed E-state index contributed by atoms with van der Waals surface area (Å²) in [6, 6.07) is 0. The van der Waals surface area contributed by atoms with E-state index in [4.69, 9.17) is 0 Å². The van der Waals surface area contributed by atoms with Crippen LogP contribution in [0.5, 0.6) is 0 Å². The van der Waals surface area contributed by atoms with Crippen LogP contribution in [0.25, 0.3) is 0 Å². The summed E-state index contributed by atoms with van der Waals surface area (Å²) in [7, 11) is 0. The lowest BCUT2D eigenvalue weighted by Crippen LogP contribution is -2.23. The lowest BCUT2D eigenvalue weighted by molar-refractivity contribution is -0.214. The van der Waals surface area contributed by atoms with Crippen LogP contribution in [0.2, 0.25) is 0 Å². The predicted octanol–water partition coefficient (Wildman–Crippen LogP) is 1.37. The minimum Gasteiger partial charge on any atom is -0.223 e. The molecule has 0 aliphatic carbocycles. The molecule has 1 radical (unpaired) electrons. The highest BCUT2D eigenvalue weighted by Crippen LogP contribution is 2.18. The third kappa shape index (κ3) is 2.45. The molecular formula is C3H4F3O. The van der Waals surface area contributed by atoms with Gasteiger partial charge in [0, 0.05) is 0 Å². The van der Waals surface area contributed by atoms with Gasteiger partial charge in [0.15, 0.2) is 6.10 Å². The van der Waals surface area contributed by atoms with E-state index in [1.54, 1.807) is 0 Å². The second-order valence-electron chi connectivity index (χ2n) is 1.18. The van der Waals surface area contributed by atoms with Crippen molar-refractivity contribution < 1.29 is 18.3 Å². The van der Waals surface area contributed by atoms with E-state index in [0.717, 1.165) is 0 Å². The van der Waals surface area contributed by atoms with Crippen molar-refractivity contribution in [3.63, 3.8) is 0 Å². The van der Waals surface area contributed by atoms with Gasteiger partial charge in [-0.3, -0.25) is 0 Å². The highest BCUT2D eigenvalue weighted by atomic mass is 19.4. The van der Waals surface area contributed by atoms with Crippen LogP contribution in [0.15, 0.2) is 0 Å². The zero-order valence-electron chi connectivity index (χ0n) is 3.62. The van der Waals surface area contributed by atoms with Gasteiger partial charge in [0.2, 0.25) is 0 Å². The van der Waals surface area contributed by atoms with E-state index in [2.05, 4.69) is 0 Å². The summed E-state index contributed by atoms with van der Waals surface area (Å²) in [6.07, 6.45) is -7.01. The first-order valence-corrected chi connectivity index (χ1v) is 1.67. The Balaban J connectivity index is 3.54. The number of hydrogen-bond donors (Lipinski definition) is 0. The van der Waals surface area contributed by atoms with Crippen LogP contribution in [-0.2, 0) is 5.11 Å². The molecule has 0 rings (SSSR count). The van der Waals surface area contributed by atoms with Crippen LogP contribution >= 0.6 is 0 Å². The van der Waals surface area contributed by atoms with Gasteiger partial charge in [0.05, 0.1) is 0 Å². The maximum absolute atomic E-state index is 10.9. The van der Waals surface area contributed by atoms with Crippen molar-refractivity contribution in [3.05, 3.63) is 0 Å². The van der Waals surface area contributed by atoms with Crippen molar-refractivity contribution >= 4 is 0 Å². The predicted molar refractivity (Wildman–Crippen MR) is 16.2 cm³/mol. The largest absolute Gasteiger partial charge is 0.417 e. The summed E-state index contributed by atoms with van der Waals surface area (Å²) < 4.78 is 32.6. The second kappa shape index (κ2) is 1.69. The Kier molecular flexibility index (Phi) is 1.63. The maximum atomic E-state index is 10.9. The number of rotatable bonds is 0. The van der Waals surface area contributed by atoms with Crippen molar-refractivity contribution in [2.45, 2.75) is 19.2 Å². The Labute approximate surface area is 38.8 Å². The molecule has 0 saturated carbocycles. The average Bonchev–Trinajstić information content (AvgIpc) is 1.31. The first-order valence-electron chi connectivity index (χ1n) is 1.67. The van der Waals surface area contributed by atoms with Crippen LogP contribution in [0.1, 0.15) is 6.92 Å². The SMILES string of the molecule is C[C@@H]([O])C(F)(F)F. The van der Waals surface area contributed by atoms with Gasteiger partial charge in [-0.05, 0) is 6.92 Å². The van der Waals surface area contributed by atoms with Gasteiger partial charge in [-0.2, -0.15) is 13.2 Å². The topological polar surface area (TPSA) is 19.9 Å². The fourth-order valence-corrected chi connectivity index (χ4v) is 0. The molecule has 0 aromatic rings. The summed E-state index contributed by atoms with van der Waals surface area (Å²) >= 11 is 0. The lowest BCUT2D eigenvalue weighted by atomic mass is 10.4. The van der Waals surface area contributed by atoms with Crippen LogP contribution < -0.4 is 0 Å². The summed E-state index contributed by atoms with van der Waals surface area (Å²) in [5.41, 5.74) is 0. The van der Waals surface area contributed by atoms with Crippen LogP contribution in [0.3, 0.4) is 0 Å². The molecule has 0 amide bonds. The fraction of sp³-hybridized carbons (Fsp3) is 1.00. The van der Waals surface area contributed by atoms with Crippen molar-refractivity contribution in [3.8, 4) is 0 Å². The molecular weight excluding hydrogens is 109 g/mol.